The fourth-order valence-corrected chi connectivity index (χ4v) is 2.21. The molecule has 0 spiro atoms. The zero-order chi connectivity index (χ0) is 14.4. The van der Waals surface area contributed by atoms with Crippen LogP contribution in [0.2, 0.25) is 0 Å². The summed E-state index contributed by atoms with van der Waals surface area (Å²) in [5, 5.41) is 9.42. The second-order valence-corrected chi connectivity index (χ2v) is 6.38. The number of aliphatic hydroxyl groups is 1. The van der Waals surface area contributed by atoms with Gasteiger partial charge >= 0.3 is 5.97 Å². The van der Waals surface area contributed by atoms with Crippen molar-refractivity contribution >= 4 is 11.8 Å². The minimum Gasteiger partial charge on any atom is -0.433 e. The van der Waals surface area contributed by atoms with Gasteiger partial charge in [-0.1, -0.05) is 20.8 Å². The quantitative estimate of drug-likeness (QED) is 0.726. The Kier molecular flexibility index (Phi) is 3.31. The minimum atomic E-state index is -1.21. The first-order valence-corrected chi connectivity index (χ1v) is 6.46. The van der Waals surface area contributed by atoms with Gasteiger partial charge in [-0.3, -0.25) is 4.79 Å². The molecule has 106 valence electrons. The van der Waals surface area contributed by atoms with Crippen molar-refractivity contribution in [2.75, 3.05) is 0 Å². The zero-order valence-corrected chi connectivity index (χ0v) is 11.7. The summed E-state index contributed by atoms with van der Waals surface area (Å²) in [5.74, 6) is -0.846. The van der Waals surface area contributed by atoms with Crippen LogP contribution in [0.4, 0.5) is 0 Å². The molecule has 19 heavy (non-hydrogen) atoms. The van der Waals surface area contributed by atoms with E-state index in [0.717, 1.165) is 0 Å². The van der Waals surface area contributed by atoms with Gasteiger partial charge in [-0.25, -0.2) is 4.79 Å². The Morgan fingerprint density at radius 1 is 1.37 bits per heavy atom. The molecule has 5 nitrogen and oxygen atoms in total. The number of aliphatic hydroxyl groups excluding tert-OH is 1. The Morgan fingerprint density at radius 3 is 2.47 bits per heavy atom. The van der Waals surface area contributed by atoms with E-state index in [1.165, 1.54) is 6.08 Å². The Bertz CT molecular complexity index is 445. The lowest BCUT2D eigenvalue weighted by molar-refractivity contribution is -0.155. The summed E-state index contributed by atoms with van der Waals surface area (Å²) in [5.41, 5.74) is -0.959. The van der Waals surface area contributed by atoms with E-state index in [-0.39, 0.29) is 11.2 Å². The van der Waals surface area contributed by atoms with Crippen LogP contribution >= 0.6 is 0 Å². The summed E-state index contributed by atoms with van der Waals surface area (Å²) in [7, 11) is 0. The van der Waals surface area contributed by atoms with Gasteiger partial charge in [-0.2, -0.15) is 0 Å². The number of carbonyl (C=O) groups excluding carboxylic acids is 2. The molecule has 0 aromatic heterocycles. The summed E-state index contributed by atoms with van der Waals surface area (Å²) >= 11 is 0. The van der Waals surface area contributed by atoms with Crippen molar-refractivity contribution < 1.29 is 24.2 Å². The Labute approximate surface area is 112 Å². The normalized spacial score (nSPS) is 36.2. The summed E-state index contributed by atoms with van der Waals surface area (Å²) in [6, 6.07) is 0. The van der Waals surface area contributed by atoms with Crippen molar-refractivity contribution in [2.45, 2.75) is 58.5 Å². The average Bonchev–Trinajstić information content (AvgIpc) is 2.60. The van der Waals surface area contributed by atoms with Crippen LogP contribution in [0.3, 0.4) is 0 Å². The topological polar surface area (TPSA) is 72.8 Å². The second kappa shape index (κ2) is 4.42. The van der Waals surface area contributed by atoms with Crippen LogP contribution in [-0.4, -0.2) is 34.9 Å². The fraction of sp³-hybridized carbons (Fsp3) is 0.714. The van der Waals surface area contributed by atoms with E-state index in [0.29, 0.717) is 18.4 Å². The van der Waals surface area contributed by atoms with Crippen molar-refractivity contribution in [1.82, 2.24) is 0 Å². The van der Waals surface area contributed by atoms with Crippen LogP contribution in [0.1, 0.15) is 40.5 Å². The summed E-state index contributed by atoms with van der Waals surface area (Å²) < 4.78 is 11.1. The van der Waals surface area contributed by atoms with Gasteiger partial charge in [-0.15, -0.1) is 0 Å². The maximum absolute atomic E-state index is 12.1. The number of ketones is 1. The monoisotopic (exact) mass is 268 g/mol. The van der Waals surface area contributed by atoms with Gasteiger partial charge in [0.25, 0.3) is 0 Å². The number of hydrogen-bond acceptors (Lipinski definition) is 5. The average molecular weight is 268 g/mol. The molecule has 1 fully saturated rings. The highest BCUT2D eigenvalue weighted by Crippen LogP contribution is 2.40. The first kappa shape index (κ1) is 14.2. The third kappa shape index (κ3) is 2.44. The van der Waals surface area contributed by atoms with E-state index in [4.69, 9.17) is 9.47 Å². The summed E-state index contributed by atoms with van der Waals surface area (Å²) in [4.78, 5) is 23.6. The number of cyclic esters (lactones) is 1. The lowest BCUT2D eigenvalue weighted by atomic mass is 9.85. The molecule has 0 bridgehead atoms. The predicted molar refractivity (Wildman–Crippen MR) is 67.2 cm³/mol. The Morgan fingerprint density at radius 2 is 2.00 bits per heavy atom. The van der Waals surface area contributed by atoms with Crippen LogP contribution in [0.15, 0.2) is 11.6 Å². The molecule has 0 radical (unpaired) electrons. The summed E-state index contributed by atoms with van der Waals surface area (Å²) in [6.45, 7) is 7.38. The maximum atomic E-state index is 12.1. The fourth-order valence-electron chi connectivity index (χ4n) is 2.21. The zero-order valence-electron chi connectivity index (χ0n) is 11.7. The van der Waals surface area contributed by atoms with Crippen molar-refractivity contribution in [2.24, 2.45) is 5.41 Å². The number of esters is 1. The molecule has 1 aliphatic heterocycles. The predicted octanol–water partition coefficient (Wildman–Crippen LogP) is 1.34. The van der Waals surface area contributed by atoms with E-state index < -0.39 is 24.0 Å². The van der Waals surface area contributed by atoms with Gasteiger partial charge in [0.05, 0.1) is 0 Å². The van der Waals surface area contributed by atoms with E-state index in [9.17, 15) is 14.7 Å². The molecule has 5 heteroatoms. The number of ether oxygens (including phenoxy) is 2. The molecule has 0 aromatic rings. The molecule has 1 saturated heterocycles. The molecule has 0 aromatic carbocycles. The molecule has 0 saturated carbocycles. The van der Waals surface area contributed by atoms with Crippen LogP contribution in [-0.2, 0) is 19.1 Å². The van der Waals surface area contributed by atoms with Gasteiger partial charge in [0, 0.05) is 5.41 Å². The Balaban J connectivity index is 2.27. The standard InChI is InChI=1S/C14H20O5/c1-13(2,3)12-18-11(17)14(4,19-12)8-5-6-9(15)10(16)7-8/h7,9,12,15H,5-6H2,1-4H3/t9?,12-,14-/m1/s1. The molecular formula is C14H20O5. The third-order valence-electron chi connectivity index (χ3n) is 3.60. The molecular weight excluding hydrogens is 248 g/mol. The van der Waals surface area contributed by atoms with Crippen LogP contribution < -0.4 is 0 Å². The molecule has 2 aliphatic rings. The first-order valence-electron chi connectivity index (χ1n) is 6.46. The van der Waals surface area contributed by atoms with Gasteiger partial charge in [-0.05, 0) is 31.4 Å². The van der Waals surface area contributed by atoms with Gasteiger partial charge in [0.15, 0.2) is 11.4 Å². The van der Waals surface area contributed by atoms with Crippen LogP contribution in [0, 0.1) is 5.41 Å². The lowest BCUT2D eigenvalue weighted by Crippen LogP contribution is -2.39. The maximum Gasteiger partial charge on any atom is 0.344 e. The van der Waals surface area contributed by atoms with Gasteiger partial charge in [0.2, 0.25) is 6.29 Å². The molecule has 3 atom stereocenters. The van der Waals surface area contributed by atoms with E-state index in [1.807, 2.05) is 20.8 Å². The smallest absolute Gasteiger partial charge is 0.344 e. The lowest BCUT2D eigenvalue weighted by Gasteiger charge is -2.29. The molecule has 1 heterocycles. The van der Waals surface area contributed by atoms with Gasteiger partial charge in [0.1, 0.15) is 6.10 Å². The molecule has 1 aliphatic carbocycles. The summed E-state index contributed by atoms with van der Waals surface area (Å²) in [6.07, 6.45) is 0.489. The van der Waals surface area contributed by atoms with Crippen molar-refractivity contribution in [3.05, 3.63) is 11.6 Å². The Hall–Kier alpha value is -1.20. The third-order valence-corrected chi connectivity index (χ3v) is 3.60. The highest BCUT2D eigenvalue weighted by Gasteiger charge is 2.53. The first-order chi connectivity index (χ1) is 8.64. The van der Waals surface area contributed by atoms with E-state index >= 15 is 0 Å². The van der Waals surface area contributed by atoms with Crippen molar-refractivity contribution in [1.29, 1.82) is 0 Å². The largest absolute Gasteiger partial charge is 0.433 e. The minimum absolute atomic E-state index is 0.317. The molecule has 2 rings (SSSR count). The highest BCUT2D eigenvalue weighted by molar-refractivity contribution is 5.97. The van der Waals surface area contributed by atoms with E-state index in [1.54, 1.807) is 6.92 Å². The van der Waals surface area contributed by atoms with Crippen LogP contribution in [0.25, 0.3) is 0 Å². The van der Waals surface area contributed by atoms with Crippen molar-refractivity contribution in [3.8, 4) is 0 Å². The number of carbonyl (C=O) groups is 2. The van der Waals surface area contributed by atoms with E-state index in [2.05, 4.69) is 0 Å². The highest BCUT2D eigenvalue weighted by atomic mass is 16.8. The number of rotatable bonds is 1. The molecule has 0 amide bonds. The SMILES string of the molecule is CC(C)(C)[C@@H]1OC(=O)[C@@](C)(C2=CC(=O)C(O)CC2)O1. The van der Waals surface area contributed by atoms with Crippen molar-refractivity contribution in [3.63, 3.8) is 0 Å². The van der Waals surface area contributed by atoms with Gasteiger partial charge < -0.3 is 14.6 Å². The second-order valence-electron chi connectivity index (χ2n) is 6.38. The number of hydrogen-bond donors (Lipinski definition) is 1. The molecule has 1 N–H and O–H groups in total. The molecule has 1 unspecified atom stereocenters. The van der Waals surface area contributed by atoms with Crippen LogP contribution in [0.5, 0.6) is 0 Å².